The van der Waals surface area contributed by atoms with Crippen LogP contribution in [0.3, 0.4) is 0 Å². The van der Waals surface area contributed by atoms with Crippen LogP contribution in [0.5, 0.6) is 11.5 Å². The van der Waals surface area contributed by atoms with Crippen LogP contribution in [-0.4, -0.2) is 21.6 Å². The van der Waals surface area contributed by atoms with E-state index in [1.807, 2.05) is 32.9 Å². The predicted octanol–water partition coefficient (Wildman–Crippen LogP) is 3.58. The average molecular weight is 363 g/mol. The van der Waals surface area contributed by atoms with E-state index in [-0.39, 0.29) is 6.54 Å². The number of hydrogen-bond acceptors (Lipinski definition) is 4. The highest BCUT2D eigenvalue weighted by Crippen LogP contribution is 2.28. The van der Waals surface area contributed by atoms with Gasteiger partial charge in [0.2, 0.25) is 10.0 Å². The van der Waals surface area contributed by atoms with E-state index in [9.17, 15) is 8.42 Å². The van der Waals surface area contributed by atoms with Crippen LogP contribution in [0.2, 0.25) is 0 Å². The van der Waals surface area contributed by atoms with E-state index in [1.165, 1.54) is 0 Å². The van der Waals surface area contributed by atoms with E-state index < -0.39 is 10.0 Å². The summed E-state index contributed by atoms with van der Waals surface area (Å²) in [6, 6.07) is 10.7. The van der Waals surface area contributed by atoms with Crippen LogP contribution in [0, 0.1) is 13.8 Å². The van der Waals surface area contributed by atoms with Crippen molar-refractivity contribution in [2.75, 3.05) is 13.2 Å². The number of nitrogens with one attached hydrogen (secondary N) is 1. The van der Waals surface area contributed by atoms with Crippen molar-refractivity contribution in [3.63, 3.8) is 0 Å². The van der Waals surface area contributed by atoms with Crippen LogP contribution >= 0.6 is 0 Å². The normalized spacial score (nSPS) is 11.4. The summed E-state index contributed by atoms with van der Waals surface area (Å²) < 4.78 is 38.8. The first-order valence-electron chi connectivity index (χ1n) is 8.32. The standard InChI is InChI=1S/C19H25NO4S/c1-5-23-17-9-8-16(12-18(17)24-6-2)13-20-25(21,22)19-10-7-14(3)11-15(19)4/h7-12,20H,5-6,13H2,1-4H3. The summed E-state index contributed by atoms with van der Waals surface area (Å²) in [6.45, 7) is 8.77. The summed E-state index contributed by atoms with van der Waals surface area (Å²) in [4.78, 5) is 0.300. The van der Waals surface area contributed by atoms with Gasteiger partial charge in [-0.25, -0.2) is 13.1 Å². The predicted molar refractivity (Wildman–Crippen MR) is 98.7 cm³/mol. The molecule has 6 heteroatoms. The number of aryl methyl sites for hydroxylation is 2. The molecule has 136 valence electrons. The number of benzene rings is 2. The third-order valence-electron chi connectivity index (χ3n) is 3.69. The summed E-state index contributed by atoms with van der Waals surface area (Å²) in [5.74, 6) is 1.28. The maximum atomic E-state index is 12.6. The van der Waals surface area contributed by atoms with Gasteiger partial charge in [0.1, 0.15) is 0 Å². The lowest BCUT2D eigenvalue weighted by Gasteiger charge is -2.13. The van der Waals surface area contributed by atoms with Crippen molar-refractivity contribution < 1.29 is 17.9 Å². The molecule has 0 bridgehead atoms. The van der Waals surface area contributed by atoms with Gasteiger partial charge >= 0.3 is 0 Å². The lowest BCUT2D eigenvalue weighted by molar-refractivity contribution is 0.287. The zero-order chi connectivity index (χ0) is 18.4. The van der Waals surface area contributed by atoms with Gasteiger partial charge < -0.3 is 9.47 Å². The van der Waals surface area contributed by atoms with Crippen LogP contribution in [0.15, 0.2) is 41.3 Å². The Balaban J connectivity index is 2.18. The highest BCUT2D eigenvalue weighted by atomic mass is 32.2. The first kappa shape index (κ1) is 19.3. The molecule has 0 aliphatic rings. The Hall–Kier alpha value is -2.05. The van der Waals surface area contributed by atoms with Crippen molar-refractivity contribution in [1.29, 1.82) is 0 Å². The van der Waals surface area contributed by atoms with Gasteiger partial charge in [-0.2, -0.15) is 0 Å². The number of rotatable bonds is 8. The third kappa shape index (κ3) is 4.96. The van der Waals surface area contributed by atoms with Crippen molar-refractivity contribution in [3.05, 3.63) is 53.1 Å². The van der Waals surface area contributed by atoms with Gasteiger partial charge in [-0.3, -0.25) is 0 Å². The molecule has 0 heterocycles. The fourth-order valence-electron chi connectivity index (χ4n) is 2.56. The van der Waals surface area contributed by atoms with E-state index >= 15 is 0 Å². The summed E-state index contributed by atoms with van der Waals surface area (Å²) in [7, 11) is -3.57. The van der Waals surface area contributed by atoms with Crippen molar-refractivity contribution in [1.82, 2.24) is 4.72 Å². The van der Waals surface area contributed by atoms with Crippen molar-refractivity contribution in [2.45, 2.75) is 39.1 Å². The Morgan fingerprint density at radius 2 is 1.60 bits per heavy atom. The van der Waals surface area contributed by atoms with Gasteiger partial charge in [0.25, 0.3) is 0 Å². The molecule has 0 atom stereocenters. The van der Waals surface area contributed by atoms with E-state index in [0.717, 1.165) is 16.7 Å². The monoisotopic (exact) mass is 363 g/mol. The second kappa shape index (κ2) is 8.36. The molecule has 25 heavy (non-hydrogen) atoms. The number of sulfonamides is 1. The maximum Gasteiger partial charge on any atom is 0.241 e. The first-order valence-corrected chi connectivity index (χ1v) is 9.81. The lowest BCUT2D eigenvalue weighted by Crippen LogP contribution is -2.24. The Morgan fingerprint density at radius 3 is 2.24 bits per heavy atom. The van der Waals surface area contributed by atoms with Crippen LogP contribution in [-0.2, 0) is 16.6 Å². The molecule has 0 fully saturated rings. The zero-order valence-electron chi connectivity index (χ0n) is 15.1. The number of hydrogen-bond donors (Lipinski definition) is 1. The molecular weight excluding hydrogens is 338 g/mol. The largest absolute Gasteiger partial charge is 0.490 e. The maximum absolute atomic E-state index is 12.6. The van der Waals surface area contributed by atoms with Gasteiger partial charge in [0, 0.05) is 6.54 Å². The molecule has 0 amide bonds. The second-order valence-electron chi connectivity index (χ2n) is 5.74. The molecule has 2 rings (SSSR count). The van der Waals surface area contributed by atoms with Gasteiger partial charge in [0.05, 0.1) is 18.1 Å². The van der Waals surface area contributed by atoms with Crippen LogP contribution in [0.4, 0.5) is 0 Å². The zero-order valence-corrected chi connectivity index (χ0v) is 15.9. The van der Waals surface area contributed by atoms with Gasteiger partial charge in [-0.1, -0.05) is 23.8 Å². The van der Waals surface area contributed by atoms with Crippen molar-refractivity contribution in [3.8, 4) is 11.5 Å². The molecule has 0 aromatic heterocycles. The molecule has 0 saturated heterocycles. The van der Waals surface area contributed by atoms with E-state index in [2.05, 4.69) is 4.72 Å². The topological polar surface area (TPSA) is 64.6 Å². The van der Waals surface area contributed by atoms with E-state index in [0.29, 0.717) is 29.6 Å². The molecule has 0 aliphatic heterocycles. The summed E-state index contributed by atoms with van der Waals surface area (Å²) in [6.07, 6.45) is 0. The van der Waals surface area contributed by atoms with Crippen LogP contribution in [0.1, 0.15) is 30.5 Å². The quantitative estimate of drug-likeness (QED) is 0.779. The fraction of sp³-hybridized carbons (Fsp3) is 0.368. The van der Waals surface area contributed by atoms with Crippen LogP contribution in [0.25, 0.3) is 0 Å². The minimum Gasteiger partial charge on any atom is -0.490 e. The van der Waals surface area contributed by atoms with Crippen molar-refractivity contribution in [2.24, 2.45) is 0 Å². The van der Waals surface area contributed by atoms with E-state index in [1.54, 1.807) is 31.2 Å². The third-order valence-corrected chi connectivity index (χ3v) is 5.26. The highest BCUT2D eigenvalue weighted by molar-refractivity contribution is 7.89. The van der Waals surface area contributed by atoms with Gasteiger partial charge in [0.15, 0.2) is 11.5 Å². The summed E-state index contributed by atoms with van der Waals surface area (Å²) >= 11 is 0. The van der Waals surface area contributed by atoms with E-state index in [4.69, 9.17) is 9.47 Å². The van der Waals surface area contributed by atoms with Gasteiger partial charge in [-0.05, 0) is 57.0 Å². The summed E-state index contributed by atoms with van der Waals surface area (Å²) in [5.41, 5.74) is 2.57. The summed E-state index contributed by atoms with van der Waals surface area (Å²) in [5, 5.41) is 0. The minimum absolute atomic E-state index is 0.183. The average Bonchev–Trinajstić information content (AvgIpc) is 2.55. The van der Waals surface area contributed by atoms with Crippen molar-refractivity contribution >= 4 is 10.0 Å². The molecule has 0 radical (unpaired) electrons. The smallest absolute Gasteiger partial charge is 0.241 e. The molecule has 0 unspecified atom stereocenters. The molecule has 1 N–H and O–H groups in total. The molecular formula is C19H25NO4S. The first-order chi connectivity index (χ1) is 11.9. The Kier molecular flexibility index (Phi) is 6.45. The Bertz CT molecular complexity index is 831. The lowest BCUT2D eigenvalue weighted by atomic mass is 10.2. The number of ether oxygens (including phenoxy) is 2. The van der Waals surface area contributed by atoms with Crippen LogP contribution < -0.4 is 14.2 Å². The molecule has 0 spiro atoms. The fourth-order valence-corrected chi connectivity index (χ4v) is 3.80. The molecule has 2 aromatic carbocycles. The highest BCUT2D eigenvalue weighted by Gasteiger charge is 2.17. The molecule has 0 aliphatic carbocycles. The Morgan fingerprint density at radius 1 is 0.920 bits per heavy atom. The molecule has 0 saturated carbocycles. The van der Waals surface area contributed by atoms with Gasteiger partial charge in [-0.15, -0.1) is 0 Å². The molecule has 2 aromatic rings. The SMILES string of the molecule is CCOc1ccc(CNS(=O)(=O)c2ccc(C)cc2C)cc1OCC. The second-order valence-corrected chi connectivity index (χ2v) is 7.48. The minimum atomic E-state index is -3.57. The molecule has 5 nitrogen and oxygen atoms in total. The Labute approximate surface area is 150 Å².